The number of carbonyl (C=O) groups is 1. The normalized spacial score (nSPS) is 11.8. The summed E-state index contributed by atoms with van der Waals surface area (Å²) in [6, 6.07) is 8.03. The highest BCUT2D eigenvalue weighted by molar-refractivity contribution is 7.16. The summed E-state index contributed by atoms with van der Waals surface area (Å²) in [5.74, 6) is 2.30. The minimum Gasteiger partial charge on any atom is -0.305 e. The molecule has 0 N–H and O–H groups in total. The van der Waals surface area contributed by atoms with Crippen LogP contribution in [0, 0.1) is 19.3 Å². The van der Waals surface area contributed by atoms with E-state index in [1.165, 1.54) is 16.9 Å². The van der Waals surface area contributed by atoms with Crippen molar-refractivity contribution in [2.24, 2.45) is 4.99 Å². The van der Waals surface area contributed by atoms with Crippen molar-refractivity contribution in [3.05, 3.63) is 46.0 Å². The molecule has 2 aromatic heterocycles. The monoisotopic (exact) mass is 352 g/mol. The zero-order valence-corrected chi connectivity index (χ0v) is 15.4. The molecule has 25 heavy (non-hydrogen) atoms. The van der Waals surface area contributed by atoms with Crippen molar-refractivity contribution in [1.82, 2.24) is 14.3 Å². The minimum absolute atomic E-state index is 0.344. The van der Waals surface area contributed by atoms with Crippen LogP contribution < -0.4 is 4.80 Å². The minimum atomic E-state index is -0.344. The van der Waals surface area contributed by atoms with Gasteiger partial charge in [0, 0.05) is 12.2 Å². The lowest BCUT2D eigenvalue weighted by Crippen LogP contribution is -2.16. The van der Waals surface area contributed by atoms with Crippen molar-refractivity contribution < 1.29 is 4.79 Å². The molecule has 128 valence electrons. The number of aromatic nitrogens is 3. The number of terminal acetylenes is 1. The maximum Gasteiger partial charge on any atom is 0.300 e. The summed E-state index contributed by atoms with van der Waals surface area (Å²) in [4.78, 5) is 17.5. The Bertz CT molecular complexity index is 1050. The molecule has 0 saturated carbocycles. The van der Waals surface area contributed by atoms with E-state index in [0.29, 0.717) is 17.0 Å². The lowest BCUT2D eigenvalue weighted by Gasteiger charge is -2.00. The van der Waals surface area contributed by atoms with Gasteiger partial charge in [0.1, 0.15) is 0 Å². The van der Waals surface area contributed by atoms with E-state index in [-0.39, 0.29) is 5.91 Å². The lowest BCUT2D eigenvalue weighted by molar-refractivity contribution is 0.0992. The average Bonchev–Trinajstić information content (AvgIpc) is 3.15. The maximum absolute atomic E-state index is 12.6. The van der Waals surface area contributed by atoms with Crippen LogP contribution >= 0.6 is 11.3 Å². The number of hydrogen-bond acceptors (Lipinski definition) is 3. The average molecular weight is 352 g/mol. The fourth-order valence-electron chi connectivity index (χ4n) is 2.75. The Hall–Kier alpha value is -2.65. The van der Waals surface area contributed by atoms with Crippen molar-refractivity contribution in [2.75, 3.05) is 0 Å². The number of fused-ring (bicyclic) bond motifs is 1. The molecule has 1 amide bonds. The lowest BCUT2D eigenvalue weighted by atomic mass is 10.2. The number of hydrogen-bond donors (Lipinski definition) is 0. The molecule has 3 rings (SSSR count). The van der Waals surface area contributed by atoms with Crippen LogP contribution in [-0.4, -0.2) is 20.3 Å². The van der Waals surface area contributed by atoms with E-state index in [0.717, 1.165) is 28.9 Å². The molecule has 0 aliphatic rings. The van der Waals surface area contributed by atoms with Gasteiger partial charge >= 0.3 is 0 Å². The predicted octanol–water partition coefficient (Wildman–Crippen LogP) is 3.16. The smallest absolute Gasteiger partial charge is 0.300 e. The number of carbonyl (C=O) groups excluding carboxylic acids is 1. The number of thiazole rings is 1. The Morgan fingerprint density at radius 3 is 2.80 bits per heavy atom. The predicted molar refractivity (Wildman–Crippen MR) is 101 cm³/mol. The van der Waals surface area contributed by atoms with E-state index in [4.69, 9.17) is 6.42 Å². The second-order valence-corrected chi connectivity index (χ2v) is 6.74. The molecule has 0 spiro atoms. The highest BCUT2D eigenvalue weighted by Gasteiger charge is 2.13. The summed E-state index contributed by atoms with van der Waals surface area (Å²) in [5, 5.41) is 4.31. The van der Waals surface area contributed by atoms with Crippen molar-refractivity contribution in [3.63, 3.8) is 0 Å². The number of nitrogens with zero attached hydrogens (tertiary/aromatic N) is 4. The molecule has 0 atom stereocenters. The molecule has 0 aliphatic carbocycles. The van der Waals surface area contributed by atoms with Gasteiger partial charge in [0.25, 0.3) is 5.91 Å². The van der Waals surface area contributed by atoms with Gasteiger partial charge in [-0.05, 0) is 44.0 Å². The molecule has 6 heteroatoms. The van der Waals surface area contributed by atoms with E-state index >= 15 is 0 Å². The van der Waals surface area contributed by atoms with Gasteiger partial charge in [-0.15, -0.1) is 6.42 Å². The standard InChI is InChI=1S/C19H20N4OS/c1-5-10-22-16-9-8-14(6-2)12-17(16)25-19(22)20-18(24)15-11-13(4)23(7-3)21-15/h1,8-9,11-12H,6-7,10H2,2-4H3. The molecule has 0 aliphatic heterocycles. The first-order valence-electron chi connectivity index (χ1n) is 8.26. The van der Waals surface area contributed by atoms with Gasteiger partial charge < -0.3 is 4.57 Å². The second kappa shape index (κ2) is 7.08. The summed E-state index contributed by atoms with van der Waals surface area (Å²) in [7, 11) is 0. The first kappa shape index (κ1) is 17.2. The molecule has 2 heterocycles. The number of aryl methyl sites for hydroxylation is 3. The van der Waals surface area contributed by atoms with E-state index < -0.39 is 0 Å². The third-order valence-corrected chi connectivity index (χ3v) is 5.14. The summed E-state index contributed by atoms with van der Waals surface area (Å²) in [6.45, 7) is 7.13. The number of rotatable bonds is 4. The summed E-state index contributed by atoms with van der Waals surface area (Å²) < 4.78 is 4.77. The summed E-state index contributed by atoms with van der Waals surface area (Å²) in [5.41, 5.74) is 3.55. The van der Waals surface area contributed by atoms with E-state index in [9.17, 15) is 4.79 Å². The van der Waals surface area contributed by atoms with E-state index in [1.807, 2.05) is 24.5 Å². The zero-order chi connectivity index (χ0) is 18.0. The molecule has 0 radical (unpaired) electrons. The highest BCUT2D eigenvalue weighted by Crippen LogP contribution is 2.19. The van der Waals surface area contributed by atoms with Gasteiger partial charge in [-0.25, -0.2) is 0 Å². The molecule has 0 saturated heterocycles. The fraction of sp³-hybridized carbons (Fsp3) is 0.316. The van der Waals surface area contributed by atoms with Gasteiger partial charge in [0.2, 0.25) is 0 Å². The van der Waals surface area contributed by atoms with Crippen LogP contribution in [-0.2, 0) is 19.5 Å². The second-order valence-electron chi connectivity index (χ2n) is 5.73. The van der Waals surface area contributed by atoms with Crippen molar-refractivity contribution in [1.29, 1.82) is 0 Å². The van der Waals surface area contributed by atoms with Crippen LogP contribution in [0.15, 0.2) is 29.3 Å². The van der Waals surface area contributed by atoms with Gasteiger partial charge in [0.05, 0.1) is 16.8 Å². The third-order valence-electron chi connectivity index (χ3n) is 4.10. The molecular formula is C19H20N4OS. The molecule has 1 aromatic carbocycles. The number of benzene rings is 1. The maximum atomic E-state index is 12.6. The van der Waals surface area contributed by atoms with Gasteiger partial charge in [-0.3, -0.25) is 9.48 Å². The molecule has 0 unspecified atom stereocenters. The largest absolute Gasteiger partial charge is 0.305 e. The first-order valence-corrected chi connectivity index (χ1v) is 9.08. The van der Waals surface area contributed by atoms with Crippen molar-refractivity contribution >= 4 is 27.5 Å². The van der Waals surface area contributed by atoms with Crippen molar-refractivity contribution in [2.45, 2.75) is 40.3 Å². The Morgan fingerprint density at radius 2 is 2.16 bits per heavy atom. The van der Waals surface area contributed by atoms with Crippen LogP contribution in [0.2, 0.25) is 0 Å². The van der Waals surface area contributed by atoms with Gasteiger partial charge in [-0.1, -0.05) is 30.2 Å². The molecule has 3 aromatic rings. The topological polar surface area (TPSA) is 52.2 Å². The number of amides is 1. The SMILES string of the molecule is C#CCn1c(=NC(=O)c2cc(C)n(CC)n2)sc2cc(CC)ccc21. The van der Waals surface area contributed by atoms with Crippen molar-refractivity contribution in [3.8, 4) is 12.3 Å². The Balaban J connectivity index is 2.12. The molecule has 0 fully saturated rings. The zero-order valence-electron chi connectivity index (χ0n) is 14.6. The molecule has 5 nitrogen and oxygen atoms in total. The summed E-state index contributed by atoms with van der Waals surface area (Å²) in [6.07, 6.45) is 6.47. The first-order chi connectivity index (χ1) is 12.1. The van der Waals surface area contributed by atoms with E-state index in [1.54, 1.807) is 10.7 Å². The van der Waals surface area contributed by atoms with Crippen LogP contribution in [0.25, 0.3) is 10.2 Å². The highest BCUT2D eigenvalue weighted by atomic mass is 32.1. The quantitative estimate of drug-likeness (QED) is 0.677. The molecular weight excluding hydrogens is 332 g/mol. The Labute approximate surface area is 150 Å². The fourth-order valence-corrected chi connectivity index (χ4v) is 3.84. The Morgan fingerprint density at radius 1 is 1.36 bits per heavy atom. The van der Waals surface area contributed by atoms with E-state index in [2.05, 4.69) is 35.1 Å². The summed E-state index contributed by atoms with van der Waals surface area (Å²) >= 11 is 1.48. The van der Waals surface area contributed by atoms with Crippen LogP contribution in [0.4, 0.5) is 0 Å². The van der Waals surface area contributed by atoms with Crippen LogP contribution in [0.5, 0.6) is 0 Å². The van der Waals surface area contributed by atoms with Gasteiger partial charge in [-0.2, -0.15) is 10.1 Å². The Kier molecular flexibility index (Phi) is 4.86. The van der Waals surface area contributed by atoms with Crippen LogP contribution in [0.1, 0.15) is 35.6 Å². The third kappa shape index (κ3) is 3.28. The van der Waals surface area contributed by atoms with Gasteiger partial charge in [0.15, 0.2) is 10.5 Å². The van der Waals surface area contributed by atoms with Crippen LogP contribution in [0.3, 0.4) is 0 Å². The molecule has 0 bridgehead atoms.